The lowest BCUT2D eigenvalue weighted by Gasteiger charge is -2.16. The number of nitrogens with zero attached hydrogens (tertiary/aromatic N) is 1. The minimum Gasteiger partial charge on any atom is -0.366 e. The van der Waals surface area contributed by atoms with Gasteiger partial charge in [0.2, 0.25) is 5.91 Å². The van der Waals surface area contributed by atoms with Crippen molar-refractivity contribution in [3.05, 3.63) is 35.4 Å². The van der Waals surface area contributed by atoms with Gasteiger partial charge in [-0.05, 0) is 31.0 Å². The SMILES string of the molecule is CCC(C)NC(=NC)NCc1ccc(C(N)=O)cc1.I. The van der Waals surface area contributed by atoms with E-state index in [0.717, 1.165) is 17.9 Å². The lowest BCUT2D eigenvalue weighted by atomic mass is 10.1. The van der Waals surface area contributed by atoms with Gasteiger partial charge in [0.15, 0.2) is 5.96 Å². The summed E-state index contributed by atoms with van der Waals surface area (Å²) in [7, 11) is 1.74. The van der Waals surface area contributed by atoms with Gasteiger partial charge in [-0.1, -0.05) is 19.1 Å². The van der Waals surface area contributed by atoms with Gasteiger partial charge in [-0.15, -0.1) is 24.0 Å². The van der Waals surface area contributed by atoms with Gasteiger partial charge in [-0.25, -0.2) is 0 Å². The molecular weight excluding hydrogens is 367 g/mol. The first-order chi connectivity index (χ1) is 9.06. The first kappa shape index (κ1) is 18.7. The van der Waals surface area contributed by atoms with Crippen LogP contribution in [0.1, 0.15) is 36.2 Å². The van der Waals surface area contributed by atoms with Gasteiger partial charge in [-0.2, -0.15) is 0 Å². The van der Waals surface area contributed by atoms with E-state index in [-0.39, 0.29) is 24.0 Å². The number of guanidine groups is 1. The standard InChI is InChI=1S/C14H22N4O.HI/c1-4-10(2)18-14(16-3)17-9-11-5-7-12(8-6-11)13(15)19;/h5-8,10H,4,9H2,1-3H3,(H2,15,19)(H2,16,17,18);1H. The maximum absolute atomic E-state index is 11.0. The summed E-state index contributed by atoms with van der Waals surface area (Å²) < 4.78 is 0. The molecule has 0 radical (unpaired) electrons. The maximum Gasteiger partial charge on any atom is 0.248 e. The molecule has 1 aromatic carbocycles. The van der Waals surface area contributed by atoms with Gasteiger partial charge in [0.25, 0.3) is 0 Å². The van der Waals surface area contributed by atoms with Gasteiger partial charge in [0.05, 0.1) is 0 Å². The fourth-order valence-electron chi connectivity index (χ4n) is 1.50. The Labute approximate surface area is 137 Å². The van der Waals surface area contributed by atoms with Crippen molar-refractivity contribution in [2.75, 3.05) is 7.05 Å². The highest BCUT2D eigenvalue weighted by Crippen LogP contribution is 2.03. The largest absolute Gasteiger partial charge is 0.366 e. The number of benzene rings is 1. The van der Waals surface area contributed by atoms with Gasteiger partial charge < -0.3 is 16.4 Å². The van der Waals surface area contributed by atoms with Crippen LogP contribution in [-0.2, 0) is 6.54 Å². The van der Waals surface area contributed by atoms with Crippen LogP contribution in [0.4, 0.5) is 0 Å². The predicted octanol–water partition coefficient (Wildman–Crippen LogP) is 1.87. The number of rotatable bonds is 5. The zero-order valence-electron chi connectivity index (χ0n) is 12.1. The van der Waals surface area contributed by atoms with E-state index in [1.807, 2.05) is 12.1 Å². The van der Waals surface area contributed by atoms with E-state index in [4.69, 9.17) is 5.73 Å². The quantitative estimate of drug-likeness (QED) is 0.408. The first-order valence-corrected chi connectivity index (χ1v) is 6.42. The van der Waals surface area contributed by atoms with Crippen molar-refractivity contribution in [2.24, 2.45) is 10.7 Å². The van der Waals surface area contributed by atoms with Crippen LogP contribution in [0.15, 0.2) is 29.3 Å². The Morgan fingerprint density at radius 1 is 1.35 bits per heavy atom. The average molecular weight is 390 g/mol. The Kier molecular flexibility index (Phi) is 8.94. The summed E-state index contributed by atoms with van der Waals surface area (Å²) in [5, 5.41) is 6.50. The number of hydrogen-bond donors (Lipinski definition) is 3. The molecule has 0 aliphatic heterocycles. The van der Waals surface area contributed by atoms with Crippen LogP contribution < -0.4 is 16.4 Å². The van der Waals surface area contributed by atoms with E-state index in [0.29, 0.717) is 18.2 Å². The highest BCUT2D eigenvalue weighted by Gasteiger charge is 2.03. The van der Waals surface area contributed by atoms with Gasteiger partial charge >= 0.3 is 0 Å². The van der Waals surface area contributed by atoms with Crippen molar-refractivity contribution in [2.45, 2.75) is 32.9 Å². The smallest absolute Gasteiger partial charge is 0.248 e. The lowest BCUT2D eigenvalue weighted by Crippen LogP contribution is -2.41. The van der Waals surface area contributed by atoms with Crippen LogP contribution >= 0.6 is 24.0 Å². The number of nitrogens with two attached hydrogens (primary N) is 1. The molecule has 0 fully saturated rings. The minimum absolute atomic E-state index is 0. The van der Waals surface area contributed by atoms with E-state index in [9.17, 15) is 4.79 Å². The van der Waals surface area contributed by atoms with Crippen LogP contribution in [0.5, 0.6) is 0 Å². The van der Waals surface area contributed by atoms with Gasteiger partial charge in [0, 0.05) is 25.2 Å². The molecule has 20 heavy (non-hydrogen) atoms. The zero-order chi connectivity index (χ0) is 14.3. The Morgan fingerprint density at radius 3 is 2.40 bits per heavy atom. The minimum atomic E-state index is -0.409. The zero-order valence-corrected chi connectivity index (χ0v) is 14.5. The number of primary amides is 1. The molecule has 6 heteroatoms. The lowest BCUT2D eigenvalue weighted by molar-refractivity contribution is 0.100. The molecule has 1 aromatic rings. The summed E-state index contributed by atoms with van der Waals surface area (Å²) in [5.41, 5.74) is 6.78. The third kappa shape index (κ3) is 6.23. The van der Waals surface area contributed by atoms with Crippen LogP contribution in [0.2, 0.25) is 0 Å². The summed E-state index contributed by atoms with van der Waals surface area (Å²) in [5.74, 6) is 0.363. The predicted molar refractivity (Wildman–Crippen MR) is 93.5 cm³/mol. The Bertz CT molecular complexity index is 445. The number of hydrogen-bond acceptors (Lipinski definition) is 2. The molecule has 1 atom stereocenters. The monoisotopic (exact) mass is 390 g/mol. The van der Waals surface area contributed by atoms with Crippen molar-refractivity contribution in [1.82, 2.24) is 10.6 Å². The molecule has 1 unspecified atom stereocenters. The number of carbonyl (C=O) groups is 1. The highest BCUT2D eigenvalue weighted by atomic mass is 127. The number of halogens is 1. The molecule has 0 heterocycles. The molecule has 4 N–H and O–H groups in total. The number of nitrogens with one attached hydrogen (secondary N) is 2. The molecule has 1 rings (SSSR count). The second-order valence-corrected chi connectivity index (χ2v) is 4.44. The van der Waals surface area contributed by atoms with Crippen LogP contribution in [0, 0.1) is 0 Å². The van der Waals surface area contributed by atoms with Gasteiger partial charge in [0.1, 0.15) is 0 Å². The van der Waals surface area contributed by atoms with Crippen molar-refractivity contribution >= 4 is 35.8 Å². The third-order valence-corrected chi connectivity index (χ3v) is 2.92. The van der Waals surface area contributed by atoms with E-state index in [2.05, 4.69) is 29.5 Å². The van der Waals surface area contributed by atoms with E-state index >= 15 is 0 Å². The van der Waals surface area contributed by atoms with E-state index < -0.39 is 5.91 Å². The van der Waals surface area contributed by atoms with Crippen LogP contribution in [0.3, 0.4) is 0 Å². The van der Waals surface area contributed by atoms with E-state index in [1.54, 1.807) is 19.2 Å². The molecule has 0 aromatic heterocycles. The fraction of sp³-hybridized carbons (Fsp3) is 0.429. The molecule has 0 aliphatic carbocycles. The number of amides is 1. The summed E-state index contributed by atoms with van der Waals surface area (Å²) >= 11 is 0. The summed E-state index contributed by atoms with van der Waals surface area (Å²) in [6.45, 7) is 4.87. The number of aliphatic imine (C=N–C) groups is 1. The Morgan fingerprint density at radius 2 is 1.95 bits per heavy atom. The number of carbonyl (C=O) groups excluding carboxylic acids is 1. The molecule has 0 bridgehead atoms. The molecule has 112 valence electrons. The van der Waals surface area contributed by atoms with E-state index in [1.165, 1.54) is 0 Å². The average Bonchev–Trinajstić information content (AvgIpc) is 2.43. The topological polar surface area (TPSA) is 79.5 Å². The first-order valence-electron chi connectivity index (χ1n) is 6.42. The van der Waals surface area contributed by atoms with Crippen molar-refractivity contribution in [1.29, 1.82) is 0 Å². The molecule has 0 saturated carbocycles. The molecule has 0 aliphatic rings. The van der Waals surface area contributed by atoms with Crippen molar-refractivity contribution < 1.29 is 4.79 Å². The van der Waals surface area contributed by atoms with Crippen LogP contribution in [0.25, 0.3) is 0 Å². The molecule has 0 saturated heterocycles. The Balaban J connectivity index is 0.00000361. The Hall–Kier alpha value is -1.31. The normalized spacial score (nSPS) is 12.2. The molecule has 5 nitrogen and oxygen atoms in total. The maximum atomic E-state index is 11.0. The van der Waals surface area contributed by atoms with Gasteiger partial charge in [-0.3, -0.25) is 9.79 Å². The molecular formula is C14H23IN4O. The van der Waals surface area contributed by atoms with Crippen molar-refractivity contribution in [3.63, 3.8) is 0 Å². The highest BCUT2D eigenvalue weighted by molar-refractivity contribution is 14.0. The second-order valence-electron chi connectivity index (χ2n) is 4.44. The third-order valence-electron chi connectivity index (χ3n) is 2.92. The summed E-state index contributed by atoms with van der Waals surface area (Å²) in [4.78, 5) is 15.1. The molecule has 0 spiro atoms. The second kappa shape index (κ2) is 9.57. The van der Waals surface area contributed by atoms with Crippen LogP contribution in [-0.4, -0.2) is 25.0 Å². The summed E-state index contributed by atoms with van der Waals surface area (Å²) in [6, 6.07) is 7.59. The summed E-state index contributed by atoms with van der Waals surface area (Å²) in [6.07, 6.45) is 1.04. The fourth-order valence-corrected chi connectivity index (χ4v) is 1.50. The van der Waals surface area contributed by atoms with Crippen molar-refractivity contribution in [3.8, 4) is 0 Å². The molecule has 1 amide bonds.